The summed E-state index contributed by atoms with van der Waals surface area (Å²) in [7, 11) is 0. The highest BCUT2D eigenvalue weighted by molar-refractivity contribution is 6.01. The third kappa shape index (κ3) is 6.35. The molecule has 0 bridgehead atoms. The van der Waals surface area contributed by atoms with E-state index in [9.17, 15) is 14.4 Å². The first-order valence-corrected chi connectivity index (χ1v) is 14.8. The highest BCUT2D eigenvalue weighted by Gasteiger charge is 2.53. The van der Waals surface area contributed by atoms with E-state index in [-0.39, 0.29) is 17.7 Å². The van der Waals surface area contributed by atoms with E-state index in [1.807, 2.05) is 72.5 Å². The molecule has 7 heteroatoms. The zero-order valence-electron chi connectivity index (χ0n) is 23.9. The Kier molecular flexibility index (Phi) is 9.14. The van der Waals surface area contributed by atoms with Crippen molar-refractivity contribution in [3.8, 4) is 11.1 Å². The number of rotatable bonds is 10. The Labute approximate surface area is 242 Å². The quantitative estimate of drug-likeness (QED) is 0.393. The lowest BCUT2D eigenvalue weighted by molar-refractivity contribution is -0.161. The van der Waals surface area contributed by atoms with Crippen LogP contribution in [0.4, 0.5) is 0 Å². The lowest BCUT2D eigenvalue weighted by Crippen LogP contribution is -2.73. The molecular weight excluding hydrogens is 512 g/mol. The van der Waals surface area contributed by atoms with Gasteiger partial charge in [0.1, 0.15) is 11.6 Å². The minimum atomic E-state index is -0.787. The summed E-state index contributed by atoms with van der Waals surface area (Å²) >= 11 is 0. The smallest absolute Gasteiger partial charge is 0.251 e. The van der Waals surface area contributed by atoms with E-state index < -0.39 is 11.6 Å². The molecule has 2 aliphatic heterocycles. The lowest BCUT2D eigenvalue weighted by Gasteiger charge is -2.51. The van der Waals surface area contributed by atoms with Gasteiger partial charge in [-0.1, -0.05) is 85.8 Å². The Morgan fingerprint density at radius 2 is 1.56 bits per heavy atom. The minimum absolute atomic E-state index is 0.0388. The van der Waals surface area contributed by atoms with Gasteiger partial charge in [-0.05, 0) is 54.9 Å². The highest BCUT2D eigenvalue weighted by Crippen LogP contribution is 2.33. The van der Waals surface area contributed by atoms with Gasteiger partial charge in [-0.15, -0.1) is 0 Å². The van der Waals surface area contributed by atoms with Crippen LogP contribution in [0, 0.1) is 0 Å². The van der Waals surface area contributed by atoms with Gasteiger partial charge in [-0.25, -0.2) is 0 Å². The van der Waals surface area contributed by atoms with E-state index in [1.54, 1.807) is 0 Å². The summed E-state index contributed by atoms with van der Waals surface area (Å²) in [6.07, 6.45) is 3.39. The molecule has 2 N–H and O–H groups in total. The Morgan fingerprint density at radius 3 is 2.27 bits per heavy atom. The third-order valence-corrected chi connectivity index (χ3v) is 8.47. The summed E-state index contributed by atoms with van der Waals surface area (Å²) in [5.41, 5.74) is 2.94. The van der Waals surface area contributed by atoms with Crippen LogP contribution in [0.2, 0.25) is 0 Å². The van der Waals surface area contributed by atoms with Crippen LogP contribution in [0.1, 0.15) is 48.5 Å². The van der Waals surface area contributed by atoms with Crippen LogP contribution in [-0.2, 0) is 16.0 Å². The predicted octanol–water partition coefficient (Wildman–Crippen LogP) is 4.29. The lowest BCUT2D eigenvalue weighted by atomic mass is 9.81. The number of piperidine rings is 1. The summed E-state index contributed by atoms with van der Waals surface area (Å²) in [5, 5.41) is 6.01. The molecule has 0 aromatic heterocycles. The van der Waals surface area contributed by atoms with Gasteiger partial charge in [-0.3, -0.25) is 14.4 Å². The van der Waals surface area contributed by atoms with Gasteiger partial charge in [0.05, 0.1) is 0 Å². The molecule has 1 atom stereocenters. The average molecular weight is 553 g/mol. The third-order valence-electron chi connectivity index (χ3n) is 8.47. The Morgan fingerprint density at radius 1 is 0.902 bits per heavy atom. The second-order valence-electron chi connectivity index (χ2n) is 11.1. The standard InChI is InChI=1S/C34H40N4O3/c1-2-22-38-32(40)30(17-21-35-31(39)29-16-10-9-15-28(29)27-13-7-4-8-14-27)36-33(41)34(38)19-24-37(25-20-34)23-18-26-11-5-3-6-12-26/h3-16,30H,2,17-25H2,1H3,(H,35,39)(H,36,41)/t30-/m0/s1. The molecule has 214 valence electrons. The number of hydrogen-bond acceptors (Lipinski definition) is 4. The number of likely N-dealkylation sites (tertiary alicyclic amines) is 1. The van der Waals surface area contributed by atoms with Gasteiger partial charge in [-0.2, -0.15) is 0 Å². The molecule has 0 radical (unpaired) electrons. The first kappa shape index (κ1) is 28.6. The molecule has 0 unspecified atom stereocenters. The number of carbonyl (C=O) groups excluding carboxylic acids is 3. The van der Waals surface area contributed by atoms with Crippen molar-refractivity contribution in [2.45, 2.75) is 50.6 Å². The van der Waals surface area contributed by atoms with E-state index in [0.717, 1.165) is 43.6 Å². The van der Waals surface area contributed by atoms with Crippen molar-refractivity contribution in [3.05, 3.63) is 96.1 Å². The predicted molar refractivity (Wildman–Crippen MR) is 161 cm³/mol. The molecule has 3 aromatic rings. The zero-order valence-corrected chi connectivity index (χ0v) is 23.9. The fourth-order valence-electron chi connectivity index (χ4n) is 6.17. The van der Waals surface area contributed by atoms with E-state index in [4.69, 9.17) is 0 Å². The number of benzene rings is 3. The molecule has 0 saturated carbocycles. The summed E-state index contributed by atoms with van der Waals surface area (Å²) in [6, 6.07) is 27.1. The van der Waals surface area contributed by atoms with Crippen molar-refractivity contribution < 1.29 is 14.4 Å². The molecular formula is C34H40N4O3. The van der Waals surface area contributed by atoms with Crippen molar-refractivity contribution in [1.29, 1.82) is 0 Å². The maximum Gasteiger partial charge on any atom is 0.251 e. The van der Waals surface area contributed by atoms with Crippen LogP contribution >= 0.6 is 0 Å². The molecule has 3 aromatic carbocycles. The molecule has 3 amide bonds. The maximum absolute atomic E-state index is 13.7. The second kappa shape index (κ2) is 13.1. The van der Waals surface area contributed by atoms with Crippen LogP contribution in [-0.4, -0.2) is 71.8 Å². The topological polar surface area (TPSA) is 81.8 Å². The summed E-state index contributed by atoms with van der Waals surface area (Å²) in [5.74, 6) is -0.286. The second-order valence-corrected chi connectivity index (χ2v) is 11.1. The van der Waals surface area contributed by atoms with E-state index in [1.165, 1.54) is 5.56 Å². The number of nitrogens with one attached hydrogen (secondary N) is 2. The summed E-state index contributed by atoms with van der Waals surface area (Å²) in [4.78, 5) is 44.7. The first-order valence-electron chi connectivity index (χ1n) is 14.8. The van der Waals surface area contributed by atoms with Crippen LogP contribution in [0.5, 0.6) is 0 Å². The van der Waals surface area contributed by atoms with E-state index >= 15 is 0 Å². The highest BCUT2D eigenvalue weighted by atomic mass is 16.2. The Hall–Kier alpha value is -3.97. The Balaban J connectivity index is 1.18. The maximum atomic E-state index is 13.7. The van der Waals surface area contributed by atoms with Gasteiger partial charge in [0.2, 0.25) is 11.8 Å². The average Bonchev–Trinajstić information content (AvgIpc) is 3.02. The number of amides is 3. The number of hydrogen-bond donors (Lipinski definition) is 2. The van der Waals surface area contributed by atoms with Gasteiger partial charge < -0.3 is 20.4 Å². The van der Waals surface area contributed by atoms with Crippen molar-refractivity contribution in [2.75, 3.05) is 32.7 Å². The minimum Gasteiger partial charge on any atom is -0.352 e. The fraction of sp³-hybridized carbons (Fsp3) is 0.382. The number of piperazine rings is 1. The fourth-order valence-corrected chi connectivity index (χ4v) is 6.17. The molecule has 2 saturated heterocycles. The SMILES string of the molecule is CCCN1C(=O)[C@H](CCNC(=O)c2ccccc2-c2ccccc2)NC(=O)C12CCN(CCc1ccccc1)CC2. The number of nitrogens with zero attached hydrogens (tertiary/aromatic N) is 2. The molecule has 41 heavy (non-hydrogen) atoms. The molecule has 2 aliphatic rings. The normalized spacial score (nSPS) is 18.8. The first-order chi connectivity index (χ1) is 20.0. The van der Waals surface area contributed by atoms with Gasteiger partial charge in [0.15, 0.2) is 0 Å². The molecule has 5 rings (SSSR count). The molecule has 0 aliphatic carbocycles. The van der Waals surface area contributed by atoms with Crippen molar-refractivity contribution in [2.24, 2.45) is 0 Å². The number of carbonyl (C=O) groups is 3. The van der Waals surface area contributed by atoms with Crippen LogP contribution < -0.4 is 10.6 Å². The Bertz CT molecular complexity index is 1340. The van der Waals surface area contributed by atoms with Gasteiger partial charge in [0, 0.05) is 38.3 Å². The molecule has 2 fully saturated rings. The molecule has 1 spiro atoms. The van der Waals surface area contributed by atoms with Crippen LogP contribution in [0.15, 0.2) is 84.9 Å². The van der Waals surface area contributed by atoms with Crippen molar-refractivity contribution in [1.82, 2.24) is 20.4 Å². The van der Waals surface area contributed by atoms with Gasteiger partial charge >= 0.3 is 0 Å². The van der Waals surface area contributed by atoms with E-state index in [0.29, 0.717) is 37.9 Å². The zero-order chi connectivity index (χ0) is 28.7. The van der Waals surface area contributed by atoms with Gasteiger partial charge in [0.25, 0.3) is 5.91 Å². The van der Waals surface area contributed by atoms with Crippen LogP contribution in [0.3, 0.4) is 0 Å². The molecule has 7 nitrogen and oxygen atoms in total. The van der Waals surface area contributed by atoms with Crippen molar-refractivity contribution >= 4 is 17.7 Å². The summed E-state index contributed by atoms with van der Waals surface area (Å²) in [6.45, 7) is 5.41. The largest absolute Gasteiger partial charge is 0.352 e. The summed E-state index contributed by atoms with van der Waals surface area (Å²) < 4.78 is 0. The molecule has 2 heterocycles. The van der Waals surface area contributed by atoms with Crippen molar-refractivity contribution in [3.63, 3.8) is 0 Å². The van der Waals surface area contributed by atoms with E-state index in [2.05, 4.69) is 39.8 Å². The van der Waals surface area contributed by atoms with Crippen LogP contribution in [0.25, 0.3) is 11.1 Å². The monoisotopic (exact) mass is 552 g/mol.